The Balaban J connectivity index is 1.67. The molecule has 7 heteroatoms. The maximum atomic E-state index is 5.65. The van der Waals surface area contributed by atoms with Gasteiger partial charge in [-0.2, -0.15) is 0 Å². The van der Waals surface area contributed by atoms with Crippen molar-refractivity contribution in [1.29, 1.82) is 0 Å². The van der Waals surface area contributed by atoms with Gasteiger partial charge in [0.15, 0.2) is 4.34 Å². The summed E-state index contributed by atoms with van der Waals surface area (Å²) in [6.07, 6.45) is 1.09. The maximum absolute atomic E-state index is 5.65. The van der Waals surface area contributed by atoms with Crippen LogP contribution in [-0.4, -0.2) is 29.1 Å². The molecule has 4 nitrogen and oxygen atoms in total. The Bertz CT molecular complexity index is 519. The third-order valence-electron chi connectivity index (χ3n) is 2.32. The highest BCUT2D eigenvalue weighted by Gasteiger charge is 2.04. The van der Waals surface area contributed by atoms with E-state index in [9.17, 15) is 0 Å². The van der Waals surface area contributed by atoms with Crippen LogP contribution in [0.3, 0.4) is 0 Å². The van der Waals surface area contributed by atoms with Crippen molar-refractivity contribution in [2.45, 2.75) is 17.7 Å². The van der Waals surface area contributed by atoms with Crippen LogP contribution in [0.1, 0.15) is 13.3 Å². The Labute approximate surface area is 135 Å². The fourth-order valence-electron chi connectivity index (χ4n) is 1.39. The Morgan fingerprint density at radius 1 is 1.30 bits per heavy atom. The minimum atomic E-state index is 0.656. The SMILES string of the molecule is CCCNc1nnc(SCCOc2ccc(Br)cc2)s1. The summed E-state index contributed by atoms with van der Waals surface area (Å²) in [5, 5.41) is 12.3. The van der Waals surface area contributed by atoms with E-state index in [1.165, 1.54) is 0 Å². The van der Waals surface area contributed by atoms with Crippen LogP contribution in [0.4, 0.5) is 5.13 Å². The van der Waals surface area contributed by atoms with Gasteiger partial charge in [-0.25, -0.2) is 0 Å². The molecular weight excluding hydrogens is 358 g/mol. The van der Waals surface area contributed by atoms with Gasteiger partial charge in [0.05, 0.1) is 6.61 Å². The van der Waals surface area contributed by atoms with Crippen molar-refractivity contribution in [3.8, 4) is 5.75 Å². The number of hydrogen-bond donors (Lipinski definition) is 1. The van der Waals surface area contributed by atoms with Crippen molar-refractivity contribution in [2.24, 2.45) is 0 Å². The normalized spacial score (nSPS) is 10.5. The van der Waals surface area contributed by atoms with Crippen LogP contribution >= 0.6 is 39.0 Å². The van der Waals surface area contributed by atoms with Gasteiger partial charge in [0, 0.05) is 16.8 Å². The van der Waals surface area contributed by atoms with E-state index in [2.05, 4.69) is 38.4 Å². The van der Waals surface area contributed by atoms with E-state index >= 15 is 0 Å². The van der Waals surface area contributed by atoms with Crippen LogP contribution in [0, 0.1) is 0 Å². The van der Waals surface area contributed by atoms with E-state index in [1.54, 1.807) is 23.1 Å². The van der Waals surface area contributed by atoms with Gasteiger partial charge in [-0.3, -0.25) is 0 Å². The fourth-order valence-corrected chi connectivity index (χ4v) is 3.32. The number of rotatable bonds is 8. The largest absolute Gasteiger partial charge is 0.493 e. The third-order valence-corrected chi connectivity index (χ3v) is 4.83. The molecule has 0 spiro atoms. The predicted molar refractivity (Wildman–Crippen MR) is 89.1 cm³/mol. The highest BCUT2D eigenvalue weighted by atomic mass is 79.9. The zero-order valence-corrected chi connectivity index (χ0v) is 14.4. The molecule has 0 unspecified atom stereocenters. The molecule has 1 N–H and O–H groups in total. The summed E-state index contributed by atoms with van der Waals surface area (Å²) >= 11 is 6.66. The number of aromatic nitrogens is 2. The van der Waals surface area contributed by atoms with Crippen LogP contribution in [0.5, 0.6) is 5.75 Å². The van der Waals surface area contributed by atoms with E-state index in [0.717, 1.165) is 38.4 Å². The lowest BCUT2D eigenvalue weighted by Crippen LogP contribution is -1.99. The molecule has 20 heavy (non-hydrogen) atoms. The van der Waals surface area contributed by atoms with Gasteiger partial charge >= 0.3 is 0 Å². The first-order valence-electron chi connectivity index (χ1n) is 6.36. The molecule has 0 aliphatic heterocycles. The van der Waals surface area contributed by atoms with Crippen molar-refractivity contribution >= 4 is 44.2 Å². The average Bonchev–Trinajstić information content (AvgIpc) is 2.91. The van der Waals surface area contributed by atoms with E-state index in [0.29, 0.717) is 6.61 Å². The summed E-state index contributed by atoms with van der Waals surface area (Å²) in [4.78, 5) is 0. The van der Waals surface area contributed by atoms with Gasteiger partial charge in [-0.15, -0.1) is 10.2 Å². The van der Waals surface area contributed by atoms with Crippen LogP contribution in [0.25, 0.3) is 0 Å². The molecule has 1 aromatic heterocycles. The van der Waals surface area contributed by atoms with E-state index in [-0.39, 0.29) is 0 Å². The Morgan fingerprint density at radius 2 is 2.10 bits per heavy atom. The summed E-state index contributed by atoms with van der Waals surface area (Å²) in [7, 11) is 0. The zero-order chi connectivity index (χ0) is 14.2. The molecule has 108 valence electrons. The third kappa shape index (κ3) is 5.30. The van der Waals surface area contributed by atoms with Crippen molar-refractivity contribution in [1.82, 2.24) is 10.2 Å². The van der Waals surface area contributed by atoms with Crippen molar-refractivity contribution in [2.75, 3.05) is 24.2 Å². The van der Waals surface area contributed by atoms with Gasteiger partial charge in [0.2, 0.25) is 5.13 Å². The molecule has 0 aliphatic rings. The topological polar surface area (TPSA) is 47.0 Å². The Kier molecular flexibility index (Phi) is 6.62. The minimum Gasteiger partial charge on any atom is -0.493 e. The van der Waals surface area contributed by atoms with Crippen LogP contribution < -0.4 is 10.1 Å². The molecule has 0 bridgehead atoms. The number of benzene rings is 1. The second-order valence-electron chi connectivity index (χ2n) is 3.95. The molecule has 1 heterocycles. The summed E-state index contributed by atoms with van der Waals surface area (Å²) in [5.41, 5.74) is 0. The monoisotopic (exact) mass is 373 g/mol. The molecule has 0 amide bonds. The summed E-state index contributed by atoms with van der Waals surface area (Å²) < 4.78 is 7.68. The quantitative estimate of drug-likeness (QED) is 0.552. The first-order chi connectivity index (χ1) is 9.78. The standard InChI is InChI=1S/C13H16BrN3OS2/c1-2-7-15-12-16-17-13(20-12)19-9-8-18-11-5-3-10(14)4-6-11/h3-6H,2,7-9H2,1H3,(H,15,16). The number of ether oxygens (including phenoxy) is 1. The lowest BCUT2D eigenvalue weighted by molar-refractivity contribution is 0.344. The molecule has 0 fully saturated rings. The van der Waals surface area contributed by atoms with Gasteiger partial charge in [0.25, 0.3) is 0 Å². The molecule has 0 radical (unpaired) electrons. The molecule has 0 aliphatic carbocycles. The number of nitrogens with one attached hydrogen (secondary N) is 1. The zero-order valence-electron chi connectivity index (χ0n) is 11.1. The number of halogens is 1. The van der Waals surface area contributed by atoms with E-state index < -0.39 is 0 Å². The average molecular weight is 374 g/mol. The fraction of sp³-hybridized carbons (Fsp3) is 0.385. The molecular formula is C13H16BrN3OS2. The second kappa shape index (κ2) is 8.49. The molecule has 0 atom stereocenters. The first-order valence-corrected chi connectivity index (χ1v) is 8.96. The first kappa shape index (κ1) is 15.6. The number of anilines is 1. The van der Waals surface area contributed by atoms with Crippen LogP contribution in [0.2, 0.25) is 0 Å². The highest BCUT2D eigenvalue weighted by molar-refractivity contribution is 9.10. The number of nitrogens with zero attached hydrogens (tertiary/aromatic N) is 2. The maximum Gasteiger partial charge on any atom is 0.206 e. The molecule has 0 saturated heterocycles. The van der Waals surface area contributed by atoms with Crippen molar-refractivity contribution < 1.29 is 4.74 Å². The van der Waals surface area contributed by atoms with Crippen LogP contribution in [-0.2, 0) is 0 Å². The smallest absolute Gasteiger partial charge is 0.206 e. The molecule has 2 rings (SSSR count). The molecule has 1 aromatic carbocycles. The highest BCUT2D eigenvalue weighted by Crippen LogP contribution is 2.25. The minimum absolute atomic E-state index is 0.656. The van der Waals surface area contributed by atoms with Gasteiger partial charge in [-0.1, -0.05) is 46.0 Å². The Morgan fingerprint density at radius 3 is 2.85 bits per heavy atom. The van der Waals surface area contributed by atoms with Gasteiger partial charge in [0.1, 0.15) is 5.75 Å². The van der Waals surface area contributed by atoms with Crippen molar-refractivity contribution in [3.05, 3.63) is 28.7 Å². The molecule has 2 aromatic rings. The Hall–Kier alpha value is -0.790. The van der Waals surface area contributed by atoms with Crippen molar-refractivity contribution in [3.63, 3.8) is 0 Å². The number of thioether (sulfide) groups is 1. The van der Waals surface area contributed by atoms with Gasteiger partial charge in [-0.05, 0) is 30.7 Å². The van der Waals surface area contributed by atoms with Gasteiger partial charge < -0.3 is 10.1 Å². The summed E-state index contributed by atoms with van der Waals surface area (Å²) in [5.74, 6) is 1.75. The second-order valence-corrected chi connectivity index (χ2v) is 7.19. The predicted octanol–water partition coefficient (Wildman–Crippen LogP) is 4.29. The lowest BCUT2D eigenvalue weighted by Gasteiger charge is -2.04. The number of hydrogen-bond acceptors (Lipinski definition) is 6. The molecule has 0 saturated carbocycles. The van der Waals surface area contributed by atoms with Crippen LogP contribution in [0.15, 0.2) is 33.1 Å². The van der Waals surface area contributed by atoms with E-state index in [4.69, 9.17) is 4.74 Å². The summed E-state index contributed by atoms with van der Waals surface area (Å²) in [6.45, 7) is 3.72. The lowest BCUT2D eigenvalue weighted by atomic mass is 10.3. The summed E-state index contributed by atoms with van der Waals surface area (Å²) in [6, 6.07) is 7.84. The van der Waals surface area contributed by atoms with E-state index in [1.807, 2.05) is 24.3 Å².